The summed E-state index contributed by atoms with van der Waals surface area (Å²) in [5.41, 5.74) is 0. The van der Waals surface area contributed by atoms with Gasteiger partial charge in [0.2, 0.25) is 5.91 Å². The Labute approximate surface area is 111 Å². The van der Waals surface area contributed by atoms with Gasteiger partial charge in [-0.25, -0.2) is 0 Å². The number of carbonyl (C=O) groups is 1. The zero-order valence-corrected chi connectivity index (χ0v) is 12.2. The van der Waals surface area contributed by atoms with E-state index in [4.69, 9.17) is 11.6 Å². The molecule has 0 N–H and O–H groups in total. The molecule has 2 atom stereocenters. The first-order valence-electron chi connectivity index (χ1n) is 7.02. The van der Waals surface area contributed by atoms with Crippen molar-refractivity contribution < 1.29 is 4.79 Å². The van der Waals surface area contributed by atoms with Crippen LogP contribution in [0.15, 0.2) is 0 Å². The Hall–Kier alpha value is -0.240. The standard InChI is InChI=1S/C14H26ClNO/c1-4-6-12(7-5-2)14(17)16-9-8-11(3)13(15)10-16/h11-13H,4-10H2,1-3H3. The zero-order valence-electron chi connectivity index (χ0n) is 11.4. The number of nitrogens with zero attached hydrogens (tertiary/aromatic N) is 1. The van der Waals surface area contributed by atoms with Gasteiger partial charge in [-0.3, -0.25) is 4.79 Å². The van der Waals surface area contributed by atoms with Gasteiger partial charge < -0.3 is 4.90 Å². The van der Waals surface area contributed by atoms with E-state index in [9.17, 15) is 4.79 Å². The molecule has 0 spiro atoms. The minimum atomic E-state index is 0.136. The van der Waals surface area contributed by atoms with Crippen LogP contribution in [-0.4, -0.2) is 29.3 Å². The van der Waals surface area contributed by atoms with E-state index in [-0.39, 0.29) is 11.3 Å². The molecule has 2 nitrogen and oxygen atoms in total. The summed E-state index contributed by atoms with van der Waals surface area (Å²) in [4.78, 5) is 14.4. The molecule has 1 aliphatic heterocycles. The number of piperidine rings is 1. The Morgan fingerprint density at radius 3 is 2.41 bits per heavy atom. The summed E-state index contributed by atoms with van der Waals surface area (Å²) in [7, 11) is 0. The highest BCUT2D eigenvalue weighted by Crippen LogP contribution is 2.25. The topological polar surface area (TPSA) is 20.3 Å². The lowest BCUT2D eigenvalue weighted by molar-refractivity contribution is -0.137. The quantitative estimate of drug-likeness (QED) is 0.690. The van der Waals surface area contributed by atoms with E-state index < -0.39 is 0 Å². The van der Waals surface area contributed by atoms with Gasteiger partial charge in [0.25, 0.3) is 0 Å². The molecule has 2 unspecified atom stereocenters. The maximum Gasteiger partial charge on any atom is 0.225 e. The molecule has 0 aromatic carbocycles. The predicted molar refractivity (Wildman–Crippen MR) is 73.3 cm³/mol. The third kappa shape index (κ3) is 4.17. The molecule has 1 heterocycles. The van der Waals surface area contributed by atoms with Crippen molar-refractivity contribution in [1.29, 1.82) is 0 Å². The SMILES string of the molecule is CCCC(CCC)C(=O)N1CCC(C)C(Cl)C1. The van der Waals surface area contributed by atoms with Crippen molar-refractivity contribution in [3.05, 3.63) is 0 Å². The fraction of sp³-hybridized carbons (Fsp3) is 0.929. The van der Waals surface area contributed by atoms with Gasteiger partial charge in [0, 0.05) is 19.0 Å². The average Bonchev–Trinajstić information content (AvgIpc) is 2.31. The Balaban J connectivity index is 2.55. The highest BCUT2D eigenvalue weighted by molar-refractivity contribution is 6.21. The number of carbonyl (C=O) groups excluding carboxylic acids is 1. The van der Waals surface area contributed by atoms with Crippen LogP contribution in [-0.2, 0) is 4.79 Å². The smallest absolute Gasteiger partial charge is 0.225 e. The molecule has 0 saturated carbocycles. The largest absolute Gasteiger partial charge is 0.341 e. The summed E-state index contributed by atoms with van der Waals surface area (Å²) in [6.45, 7) is 8.12. The molecular weight excluding hydrogens is 234 g/mol. The summed E-state index contributed by atoms with van der Waals surface area (Å²) in [6, 6.07) is 0. The third-order valence-corrected chi connectivity index (χ3v) is 4.37. The molecule has 1 saturated heterocycles. The van der Waals surface area contributed by atoms with Crippen molar-refractivity contribution in [3.63, 3.8) is 0 Å². The molecule has 17 heavy (non-hydrogen) atoms. The molecule has 0 radical (unpaired) electrons. The van der Waals surface area contributed by atoms with Gasteiger partial charge >= 0.3 is 0 Å². The first kappa shape index (κ1) is 14.8. The number of amides is 1. The second-order valence-electron chi connectivity index (χ2n) is 5.34. The number of alkyl halides is 1. The minimum absolute atomic E-state index is 0.136. The van der Waals surface area contributed by atoms with E-state index in [1.165, 1.54) is 0 Å². The van der Waals surface area contributed by atoms with E-state index in [1.807, 2.05) is 4.90 Å². The molecule has 0 aliphatic carbocycles. The summed E-state index contributed by atoms with van der Waals surface area (Å²) in [5, 5.41) is 0.136. The van der Waals surface area contributed by atoms with E-state index >= 15 is 0 Å². The van der Waals surface area contributed by atoms with Crippen LogP contribution in [0.3, 0.4) is 0 Å². The second-order valence-corrected chi connectivity index (χ2v) is 5.90. The minimum Gasteiger partial charge on any atom is -0.341 e. The molecular formula is C14H26ClNO. The van der Waals surface area contributed by atoms with Gasteiger partial charge in [-0.15, -0.1) is 11.6 Å². The Kier molecular flexibility index (Phi) is 6.32. The molecule has 1 fully saturated rings. The summed E-state index contributed by atoms with van der Waals surface area (Å²) >= 11 is 6.27. The predicted octanol–water partition coefficient (Wildman–Crippen LogP) is 3.68. The first-order valence-corrected chi connectivity index (χ1v) is 7.46. The first-order chi connectivity index (χ1) is 8.10. The van der Waals surface area contributed by atoms with Gasteiger partial charge in [-0.2, -0.15) is 0 Å². The van der Waals surface area contributed by atoms with Crippen LogP contribution in [0.25, 0.3) is 0 Å². The van der Waals surface area contributed by atoms with Crippen molar-refractivity contribution in [2.45, 2.75) is 58.3 Å². The number of rotatable bonds is 5. The van der Waals surface area contributed by atoms with Crippen LogP contribution < -0.4 is 0 Å². The number of hydrogen-bond donors (Lipinski definition) is 0. The number of halogens is 1. The molecule has 1 aliphatic rings. The Morgan fingerprint density at radius 2 is 1.94 bits per heavy atom. The summed E-state index contributed by atoms with van der Waals surface area (Å²) in [6.07, 6.45) is 5.26. The maximum absolute atomic E-state index is 12.4. The highest BCUT2D eigenvalue weighted by Gasteiger charge is 2.30. The van der Waals surface area contributed by atoms with Crippen LogP contribution in [0.5, 0.6) is 0 Å². The van der Waals surface area contributed by atoms with Crippen molar-refractivity contribution in [3.8, 4) is 0 Å². The molecule has 0 aromatic heterocycles. The lowest BCUT2D eigenvalue weighted by atomic mass is 9.93. The molecule has 3 heteroatoms. The summed E-state index contributed by atoms with van der Waals surface area (Å²) in [5.74, 6) is 1.10. The van der Waals surface area contributed by atoms with Crippen molar-refractivity contribution in [1.82, 2.24) is 4.90 Å². The summed E-state index contributed by atoms with van der Waals surface area (Å²) < 4.78 is 0. The maximum atomic E-state index is 12.4. The second kappa shape index (κ2) is 7.25. The molecule has 0 bridgehead atoms. The van der Waals surface area contributed by atoms with Gasteiger partial charge in [-0.1, -0.05) is 33.6 Å². The monoisotopic (exact) mass is 259 g/mol. The highest BCUT2D eigenvalue weighted by atomic mass is 35.5. The fourth-order valence-corrected chi connectivity index (χ4v) is 2.86. The van der Waals surface area contributed by atoms with E-state index in [0.29, 0.717) is 11.8 Å². The lowest BCUT2D eigenvalue weighted by Crippen LogP contribution is -2.46. The third-order valence-electron chi connectivity index (χ3n) is 3.80. The van der Waals surface area contributed by atoms with Gasteiger partial charge in [0.1, 0.15) is 0 Å². The van der Waals surface area contributed by atoms with E-state index in [1.54, 1.807) is 0 Å². The van der Waals surface area contributed by atoms with Gasteiger partial charge in [0.05, 0.1) is 5.38 Å². The molecule has 0 aromatic rings. The van der Waals surface area contributed by atoms with Gasteiger partial charge in [0.15, 0.2) is 0 Å². The molecule has 1 amide bonds. The van der Waals surface area contributed by atoms with Crippen LogP contribution in [0.1, 0.15) is 52.9 Å². The van der Waals surface area contributed by atoms with Crippen LogP contribution in [0.4, 0.5) is 0 Å². The molecule has 1 rings (SSSR count). The average molecular weight is 260 g/mol. The fourth-order valence-electron chi connectivity index (χ4n) is 2.57. The van der Waals surface area contributed by atoms with Gasteiger partial charge in [-0.05, 0) is 25.2 Å². The zero-order chi connectivity index (χ0) is 12.8. The van der Waals surface area contributed by atoms with E-state index in [2.05, 4.69) is 20.8 Å². The Morgan fingerprint density at radius 1 is 1.35 bits per heavy atom. The van der Waals surface area contributed by atoms with Crippen molar-refractivity contribution in [2.24, 2.45) is 11.8 Å². The van der Waals surface area contributed by atoms with E-state index in [0.717, 1.165) is 45.2 Å². The van der Waals surface area contributed by atoms with Crippen molar-refractivity contribution >= 4 is 17.5 Å². The van der Waals surface area contributed by atoms with Crippen molar-refractivity contribution in [2.75, 3.05) is 13.1 Å². The lowest BCUT2D eigenvalue weighted by Gasteiger charge is -2.36. The van der Waals surface area contributed by atoms with Crippen LogP contribution in [0.2, 0.25) is 0 Å². The normalized spacial score (nSPS) is 25.4. The van der Waals surface area contributed by atoms with Crippen LogP contribution in [0, 0.1) is 11.8 Å². The Bertz CT molecular complexity index is 238. The number of likely N-dealkylation sites (tertiary alicyclic amines) is 1. The number of hydrogen-bond acceptors (Lipinski definition) is 1. The molecule has 100 valence electrons. The van der Waals surface area contributed by atoms with Crippen LogP contribution >= 0.6 is 11.6 Å².